The van der Waals surface area contributed by atoms with Crippen LogP contribution in [0.2, 0.25) is 0 Å². The normalized spacial score (nSPS) is 11.3. The van der Waals surface area contributed by atoms with Gasteiger partial charge in [0, 0.05) is 11.8 Å². The number of carbonyl (C=O) groups excluding carboxylic acids is 1. The van der Waals surface area contributed by atoms with Crippen LogP contribution in [0.4, 0.5) is 11.4 Å². The molecule has 0 aliphatic rings. The molecule has 30 heavy (non-hydrogen) atoms. The third-order valence-corrected chi connectivity index (χ3v) is 5.27. The molecule has 0 radical (unpaired) electrons. The van der Waals surface area contributed by atoms with Gasteiger partial charge in [-0.25, -0.2) is 8.42 Å². The van der Waals surface area contributed by atoms with E-state index >= 15 is 0 Å². The topological polar surface area (TPSA) is 84.5 Å². The Kier molecular flexibility index (Phi) is 6.54. The van der Waals surface area contributed by atoms with Crippen LogP contribution in [0.5, 0.6) is 5.75 Å². The Bertz CT molecular complexity index is 1170. The van der Waals surface area contributed by atoms with Crippen molar-refractivity contribution in [3.63, 3.8) is 0 Å². The van der Waals surface area contributed by atoms with Crippen molar-refractivity contribution in [2.75, 3.05) is 17.1 Å². The largest absolute Gasteiger partial charge is 0.497 e. The Balaban J connectivity index is 1.78. The number of nitrogens with one attached hydrogen (secondary N) is 2. The number of methoxy groups -OCH3 is 1. The fraction of sp³-hybridized carbons (Fsp3) is 0.0870. The van der Waals surface area contributed by atoms with Crippen molar-refractivity contribution < 1.29 is 17.9 Å². The van der Waals surface area contributed by atoms with E-state index < -0.39 is 15.9 Å². The summed E-state index contributed by atoms with van der Waals surface area (Å²) in [6.45, 7) is 1.96. The number of carbonyl (C=O) groups is 1. The van der Waals surface area contributed by atoms with Crippen LogP contribution >= 0.6 is 0 Å². The minimum absolute atomic E-state index is 0.187. The first-order chi connectivity index (χ1) is 14.4. The van der Waals surface area contributed by atoms with E-state index in [1.54, 1.807) is 42.5 Å². The van der Waals surface area contributed by atoms with Gasteiger partial charge in [-0.05, 0) is 42.8 Å². The third-order valence-electron chi connectivity index (χ3n) is 4.27. The van der Waals surface area contributed by atoms with Gasteiger partial charge in [0.15, 0.2) is 0 Å². The first kappa shape index (κ1) is 21.1. The van der Waals surface area contributed by atoms with Crippen molar-refractivity contribution >= 4 is 33.4 Å². The smallest absolute Gasteiger partial charge is 0.257 e. The molecule has 0 heterocycles. The lowest BCUT2D eigenvalue weighted by Crippen LogP contribution is -2.17. The van der Waals surface area contributed by atoms with Crippen LogP contribution in [-0.4, -0.2) is 21.4 Å². The van der Waals surface area contributed by atoms with Crippen molar-refractivity contribution in [2.24, 2.45) is 0 Å². The van der Waals surface area contributed by atoms with Crippen molar-refractivity contribution in [1.82, 2.24) is 0 Å². The number of ether oxygens (including phenoxy) is 1. The van der Waals surface area contributed by atoms with E-state index in [4.69, 9.17) is 4.74 Å². The monoisotopic (exact) mass is 422 g/mol. The number of amides is 1. The van der Waals surface area contributed by atoms with Crippen LogP contribution in [-0.2, 0) is 10.0 Å². The summed E-state index contributed by atoms with van der Waals surface area (Å²) in [6, 6.07) is 20.8. The quantitative estimate of drug-likeness (QED) is 0.580. The van der Waals surface area contributed by atoms with Crippen molar-refractivity contribution in [3.05, 3.63) is 94.9 Å². The molecular formula is C23H22N2O4S. The number of benzene rings is 3. The summed E-state index contributed by atoms with van der Waals surface area (Å²) in [5, 5.41) is 3.83. The number of hydrogen-bond acceptors (Lipinski definition) is 4. The summed E-state index contributed by atoms with van der Waals surface area (Å²) >= 11 is 0. The molecule has 0 saturated carbocycles. The van der Waals surface area contributed by atoms with Crippen LogP contribution in [0.3, 0.4) is 0 Å². The van der Waals surface area contributed by atoms with Crippen molar-refractivity contribution in [1.29, 1.82) is 0 Å². The Hall–Kier alpha value is -3.58. The SMILES string of the molecule is COc1cccc(NC(=O)c2ccccc2NS(=O)(=O)C=Cc2ccc(C)cc2)c1. The summed E-state index contributed by atoms with van der Waals surface area (Å²) < 4.78 is 32.6. The van der Waals surface area contributed by atoms with Gasteiger partial charge >= 0.3 is 0 Å². The molecule has 1 amide bonds. The molecule has 0 unspecified atom stereocenters. The molecular weight excluding hydrogens is 400 g/mol. The molecule has 0 saturated heterocycles. The van der Waals surface area contributed by atoms with Gasteiger partial charge in [-0.3, -0.25) is 9.52 Å². The summed E-state index contributed by atoms with van der Waals surface area (Å²) in [7, 11) is -2.28. The van der Waals surface area contributed by atoms with Gasteiger partial charge in [-0.2, -0.15) is 0 Å². The molecule has 3 aromatic rings. The van der Waals surface area contributed by atoms with Gasteiger partial charge < -0.3 is 10.1 Å². The second-order valence-electron chi connectivity index (χ2n) is 6.59. The third kappa shape index (κ3) is 5.71. The Morgan fingerprint density at radius 2 is 1.70 bits per heavy atom. The number of anilines is 2. The number of hydrogen-bond donors (Lipinski definition) is 2. The van der Waals surface area contributed by atoms with Gasteiger partial charge in [-0.1, -0.05) is 48.0 Å². The Morgan fingerprint density at radius 3 is 2.43 bits per heavy atom. The van der Waals surface area contributed by atoms with Crippen molar-refractivity contribution in [3.8, 4) is 5.75 Å². The molecule has 0 bridgehead atoms. The lowest BCUT2D eigenvalue weighted by molar-refractivity contribution is 0.102. The van der Waals surface area contributed by atoms with Gasteiger partial charge in [0.25, 0.3) is 15.9 Å². The van der Waals surface area contributed by atoms with E-state index in [2.05, 4.69) is 10.0 Å². The summed E-state index contributed by atoms with van der Waals surface area (Å²) in [4.78, 5) is 12.7. The zero-order valence-corrected chi connectivity index (χ0v) is 17.4. The molecule has 0 spiro atoms. The van der Waals surface area contributed by atoms with Gasteiger partial charge in [0.2, 0.25) is 0 Å². The zero-order chi connectivity index (χ0) is 21.6. The molecule has 154 valence electrons. The molecule has 7 heteroatoms. The lowest BCUT2D eigenvalue weighted by Gasteiger charge is -2.12. The molecule has 2 N–H and O–H groups in total. The average Bonchev–Trinajstić information content (AvgIpc) is 2.73. The maximum Gasteiger partial charge on any atom is 0.257 e. The Labute approximate surface area is 176 Å². The van der Waals surface area contributed by atoms with E-state index in [0.717, 1.165) is 16.5 Å². The highest BCUT2D eigenvalue weighted by Crippen LogP contribution is 2.21. The number of sulfonamides is 1. The van der Waals surface area contributed by atoms with Crippen LogP contribution in [0, 0.1) is 6.92 Å². The Morgan fingerprint density at radius 1 is 0.967 bits per heavy atom. The predicted octanol–water partition coefficient (Wildman–Crippen LogP) is 4.67. The van der Waals surface area contributed by atoms with Gasteiger partial charge in [0.1, 0.15) is 5.75 Å². The molecule has 3 rings (SSSR count). The molecule has 0 fully saturated rings. The number of aryl methyl sites for hydroxylation is 1. The molecule has 3 aromatic carbocycles. The van der Waals surface area contributed by atoms with E-state index in [9.17, 15) is 13.2 Å². The minimum atomic E-state index is -3.81. The van der Waals surface area contributed by atoms with Crippen LogP contribution in [0.15, 0.2) is 78.2 Å². The van der Waals surface area contributed by atoms with Crippen LogP contribution in [0.25, 0.3) is 6.08 Å². The second kappa shape index (κ2) is 9.28. The average molecular weight is 423 g/mol. The fourth-order valence-electron chi connectivity index (χ4n) is 2.70. The summed E-state index contributed by atoms with van der Waals surface area (Å²) in [5.41, 5.74) is 2.77. The maximum atomic E-state index is 12.7. The van der Waals surface area contributed by atoms with E-state index in [1.807, 2.05) is 31.2 Å². The first-order valence-electron chi connectivity index (χ1n) is 9.18. The fourth-order valence-corrected chi connectivity index (χ4v) is 3.59. The highest BCUT2D eigenvalue weighted by molar-refractivity contribution is 7.95. The highest BCUT2D eigenvalue weighted by atomic mass is 32.2. The molecule has 0 aliphatic carbocycles. The van der Waals surface area contributed by atoms with E-state index in [0.29, 0.717) is 11.4 Å². The van der Waals surface area contributed by atoms with Gasteiger partial charge in [0.05, 0.1) is 23.8 Å². The minimum Gasteiger partial charge on any atom is -0.497 e. The zero-order valence-electron chi connectivity index (χ0n) is 16.6. The first-order valence-corrected chi connectivity index (χ1v) is 10.7. The molecule has 6 nitrogen and oxygen atoms in total. The molecule has 0 atom stereocenters. The van der Waals surface area contributed by atoms with Crippen LogP contribution < -0.4 is 14.8 Å². The lowest BCUT2D eigenvalue weighted by atomic mass is 10.1. The van der Waals surface area contributed by atoms with E-state index in [-0.39, 0.29) is 11.3 Å². The molecule has 0 aromatic heterocycles. The van der Waals surface area contributed by atoms with Crippen LogP contribution in [0.1, 0.15) is 21.5 Å². The van der Waals surface area contributed by atoms with Crippen molar-refractivity contribution in [2.45, 2.75) is 6.92 Å². The number of para-hydroxylation sites is 1. The maximum absolute atomic E-state index is 12.7. The summed E-state index contributed by atoms with van der Waals surface area (Å²) in [6.07, 6.45) is 1.50. The van der Waals surface area contributed by atoms with Gasteiger partial charge in [-0.15, -0.1) is 0 Å². The second-order valence-corrected chi connectivity index (χ2v) is 8.16. The highest BCUT2D eigenvalue weighted by Gasteiger charge is 2.15. The predicted molar refractivity (Wildman–Crippen MR) is 120 cm³/mol. The van der Waals surface area contributed by atoms with E-state index in [1.165, 1.54) is 19.3 Å². The molecule has 0 aliphatic heterocycles. The summed E-state index contributed by atoms with van der Waals surface area (Å²) in [5.74, 6) is 0.159. The standard InChI is InChI=1S/C23H22N2O4S/c1-17-10-12-18(13-11-17)14-15-30(27,28)25-22-9-4-3-8-21(22)23(26)24-19-6-5-7-20(16-19)29-2/h3-16,25H,1-2H3,(H,24,26). The number of rotatable bonds is 7.